The molecule has 0 spiro atoms. The quantitative estimate of drug-likeness (QED) is 0.503. The molecule has 0 aromatic heterocycles. The Kier molecular flexibility index (Phi) is 5.02. The topological polar surface area (TPSA) is 3.24 Å². The summed E-state index contributed by atoms with van der Waals surface area (Å²) in [5.74, 6) is 0. The predicted molar refractivity (Wildman–Crippen MR) is 63.9 cm³/mol. The van der Waals surface area contributed by atoms with E-state index in [1.54, 1.807) is 0 Å². The largest absolute Gasteiger partial charge is 1.00 e. The molecule has 3 heteroatoms. The molecule has 72 valence electrons. The second-order valence-corrected chi connectivity index (χ2v) is 3.96. The Morgan fingerprint density at radius 3 is 2.20 bits per heavy atom. The minimum Gasteiger partial charge on any atom is -0.779 e. The van der Waals surface area contributed by atoms with Crippen LogP contribution in [0.5, 0.6) is 0 Å². The maximum Gasteiger partial charge on any atom is 1.00 e. The van der Waals surface area contributed by atoms with E-state index in [-0.39, 0.29) is 51.4 Å². The van der Waals surface area contributed by atoms with Gasteiger partial charge in [-0.25, -0.2) is 0 Å². The van der Waals surface area contributed by atoms with Gasteiger partial charge in [-0.05, 0) is 11.5 Å². The molecule has 2 aromatic carbocycles. The van der Waals surface area contributed by atoms with Crippen molar-refractivity contribution in [3.63, 3.8) is 0 Å². The van der Waals surface area contributed by atoms with Crippen molar-refractivity contribution in [1.82, 2.24) is 0 Å². The van der Waals surface area contributed by atoms with E-state index >= 15 is 0 Å². The van der Waals surface area contributed by atoms with Crippen LogP contribution in [0.4, 0.5) is 5.69 Å². The van der Waals surface area contributed by atoms with E-state index in [9.17, 15) is 0 Å². The van der Waals surface area contributed by atoms with Crippen molar-refractivity contribution < 1.29 is 51.4 Å². The normalized spacial score (nSPS) is 9.73. The van der Waals surface area contributed by atoms with Crippen molar-refractivity contribution in [3.8, 4) is 0 Å². The van der Waals surface area contributed by atoms with E-state index in [1.165, 1.54) is 11.1 Å². The molecule has 0 radical (unpaired) electrons. The maximum atomic E-state index is 5.28. The Hall–Kier alpha value is 0.356. The van der Waals surface area contributed by atoms with Gasteiger partial charge in [-0.15, -0.1) is 0 Å². The summed E-state index contributed by atoms with van der Waals surface area (Å²) in [4.78, 5) is 3.03. The van der Waals surface area contributed by atoms with Gasteiger partial charge in [-0.1, -0.05) is 30.3 Å². The van der Waals surface area contributed by atoms with Gasteiger partial charge in [0.25, 0.3) is 0 Å². The van der Waals surface area contributed by atoms with Crippen LogP contribution in [0.2, 0.25) is 0 Å². The van der Waals surface area contributed by atoms with E-state index < -0.39 is 0 Å². The first kappa shape index (κ1) is 13.4. The molecule has 2 aromatic rings. The van der Waals surface area contributed by atoms with Gasteiger partial charge < -0.3 is 17.5 Å². The van der Waals surface area contributed by atoms with Crippen LogP contribution < -0.4 is 56.3 Å². The van der Waals surface area contributed by atoms with Crippen molar-refractivity contribution in [2.45, 2.75) is 4.90 Å². The molecule has 0 N–H and O–H groups in total. The number of nitrogens with zero attached hydrogens (tertiary/aromatic N) is 1. The molecular formula is C12H12KNS. The van der Waals surface area contributed by atoms with Crippen LogP contribution in [-0.2, 0) is 12.6 Å². The molecule has 0 saturated heterocycles. The zero-order valence-corrected chi connectivity index (χ0v) is 13.3. The van der Waals surface area contributed by atoms with Crippen LogP contribution in [0.25, 0.3) is 10.8 Å². The summed E-state index contributed by atoms with van der Waals surface area (Å²) in [6.07, 6.45) is 0. The van der Waals surface area contributed by atoms with Crippen LogP contribution in [0.15, 0.2) is 41.3 Å². The average molecular weight is 241 g/mol. The van der Waals surface area contributed by atoms with Crippen molar-refractivity contribution in [2.75, 3.05) is 19.0 Å². The minimum atomic E-state index is 0. The van der Waals surface area contributed by atoms with Gasteiger partial charge in [0.15, 0.2) is 0 Å². The van der Waals surface area contributed by atoms with Crippen LogP contribution in [-0.4, -0.2) is 14.1 Å². The number of anilines is 1. The second kappa shape index (κ2) is 5.62. The fourth-order valence-electron chi connectivity index (χ4n) is 1.65. The number of rotatable bonds is 1. The fraction of sp³-hybridized carbons (Fsp3) is 0.167. The van der Waals surface area contributed by atoms with Crippen LogP contribution in [0.1, 0.15) is 0 Å². The Morgan fingerprint density at radius 1 is 0.933 bits per heavy atom. The molecule has 2 rings (SSSR count). The van der Waals surface area contributed by atoms with Gasteiger partial charge in [0.05, 0.1) is 0 Å². The molecule has 0 amide bonds. The third-order valence-corrected chi connectivity index (χ3v) is 2.70. The van der Waals surface area contributed by atoms with Gasteiger partial charge >= 0.3 is 51.4 Å². The summed E-state index contributed by atoms with van der Waals surface area (Å²) in [6.45, 7) is 0. The zero-order valence-electron chi connectivity index (χ0n) is 9.32. The molecule has 0 bridgehead atoms. The monoisotopic (exact) mass is 241 g/mol. The molecule has 0 aliphatic heterocycles. The second-order valence-electron chi connectivity index (χ2n) is 3.52. The summed E-state index contributed by atoms with van der Waals surface area (Å²) in [6, 6.07) is 12.3. The molecule has 1 nitrogen and oxygen atoms in total. The van der Waals surface area contributed by atoms with Gasteiger partial charge in [0.2, 0.25) is 0 Å². The Balaban J connectivity index is 0.00000112. The van der Waals surface area contributed by atoms with Gasteiger partial charge in [0.1, 0.15) is 0 Å². The molecule has 0 unspecified atom stereocenters. The smallest absolute Gasteiger partial charge is 0.779 e. The molecule has 0 aliphatic carbocycles. The van der Waals surface area contributed by atoms with E-state index in [4.69, 9.17) is 12.6 Å². The number of hydrogen-bond donors (Lipinski definition) is 0. The molecule has 0 saturated carbocycles. The number of hydrogen-bond acceptors (Lipinski definition) is 2. The molecular weight excluding hydrogens is 229 g/mol. The van der Waals surface area contributed by atoms with Crippen molar-refractivity contribution in [1.29, 1.82) is 0 Å². The van der Waals surface area contributed by atoms with E-state index in [0.29, 0.717) is 0 Å². The van der Waals surface area contributed by atoms with Gasteiger partial charge in [-0.3, -0.25) is 0 Å². The predicted octanol–water partition coefficient (Wildman–Crippen LogP) is -0.184. The number of benzene rings is 2. The van der Waals surface area contributed by atoms with E-state index in [0.717, 1.165) is 10.3 Å². The zero-order chi connectivity index (χ0) is 10.1. The molecule has 0 atom stereocenters. The van der Waals surface area contributed by atoms with E-state index in [2.05, 4.69) is 23.1 Å². The SMILES string of the molecule is CN(C)c1cccc2c([S-])cccc12.[K+]. The Bertz CT molecular complexity index is 468. The van der Waals surface area contributed by atoms with Crippen LogP contribution in [0.3, 0.4) is 0 Å². The summed E-state index contributed by atoms with van der Waals surface area (Å²) >= 11 is 5.28. The van der Waals surface area contributed by atoms with Crippen LogP contribution >= 0.6 is 0 Å². The van der Waals surface area contributed by atoms with Gasteiger partial charge in [0, 0.05) is 25.2 Å². The van der Waals surface area contributed by atoms with Crippen molar-refractivity contribution in [3.05, 3.63) is 36.4 Å². The third-order valence-electron chi connectivity index (χ3n) is 2.34. The molecule has 0 aliphatic rings. The maximum absolute atomic E-state index is 5.28. The van der Waals surface area contributed by atoms with Crippen LogP contribution in [0, 0.1) is 0 Å². The third kappa shape index (κ3) is 2.73. The Labute approximate surface area is 139 Å². The van der Waals surface area contributed by atoms with E-state index in [1.807, 2.05) is 32.3 Å². The standard InChI is InChI=1S/C12H13NS.K/c1-13(2)11-7-3-6-10-9(11)5-4-8-12(10)14;/h3-8,14H,1-2H3;/q;+1/p-1. The number of fused-ring (bicyclic) bond motifs is 1. The molecule has 0 fully saturated rings. The fourth-order valence-corrected chi connectivity index (χ4v) is 1.91. The molecule has 15 heavy (non-hydrogen) atoms. The Morgan fingerprint density at radius 2 is 1.53 bits per heavy atom. The first-order valence-corrected chi connectivity index (χ1v) is 4.97. The average Bonchev–Trinajstić information content (AvgIpc) is 2.17. The van der Waals surface area contributed by atoms with Crippen molar-refractivity contribution in [2.24, 2.45) is 0 Å². The molecule has 0 heterocycles. The minimum absolute atomic E-state index is 0. The van der Waals surface area contributed by atoms with Crippen molar-refractivity contribution >= 4 is 29.1 Å². The summed E-state index contributed by atoms with van der Waals surface area (Å²) in [5.41, 5.74) is 1.22. The first-order chi connectivity index (χ1) is 6.70. The summed E-state index contributed by atoms with van der Waals surface area (Å²) in [7, 11) is 4.09. The summed E-state index contributed by atoms with van der Waals surface area (Å²) < 4.78 is 0. The summed E-state index contributed by atoms with van der Waals surface area (Å²) in [5, 5.41) is 2.39. The first-order valence-electron chi connectivity index (χ1n) is 4.56. The van der Waals surface area contributed by atoms with Gasteiger partial charge in [-0.2, -0.15) is 4.90 Å².